The Labute approximate surface area is 327 Å². The molecule has 0 aliphatic carbocycles. The summed E-state index contributed by atoms with van der Waals surface area (Å²) in [6.45, 7) is 8.03. The Bertz CT molecular complexity index is 2050. The largest absolute Gasteiger partial charge is 0.494 e. The lowest BCUT2D eigenvalue weighted by Gasteiger charge is -2.42. The molecule has 3 saturated heterocycles. The molecule has 8 rings (SSSR count). The number of nitrogens with zero attached hydrogens (tertiary/aromatic N) is 5. The van der Waals surface area contributed by atoms with E-state index in [0.717, 1.165) is 85.7 Å². The van der Waals surface area contributed by atoms with Crippen molar-refractivity contribution in [3.05, 3.63) is 113 Å². The van der Waals surface area contributed by atoms with Crippen LogP contribution >= 0.6 is 11.6 Å². The van der Waals surface area contributed by atoms with E-state index in [9.17, 15) is 0 Å². The maximum absolute atomic E-state index is 6.67. The van der Waals surface area contributed by atoms with Crippen LogP contribution in [0.3, 0.4) is 0 Å². The molecule has 0 unspecified atom stereocenters. The minimum atomic E-state index is -0.594. The van der Waals surface area contributed by atoms with Crippen molar-refractivity contribution in [2.75, 3.05) is 76.9 Å². The predicted molar refractivity (Wildman–Crippen MR) is 215 cm³/mol. The van der Waals surface area contributed by atoms with Crippen molar-refractivity contribution in [1.82, 2.24) is 19.8 Å². The van der Waals surface area contributed by atoms with Crippen LogP contribution in [0.15, 0.2) is 97.2 Å². The molecule has 3 fully saturated rings. The van der Waals surface area contributed by atoms with Crippen molar-refractivity contribution >= 4 is 28.9 Å². The molecule has 0 radical (unpaired) electrons. The van der Waals surface area contributed by atoms with E-state index in [-0.39, 0.29) is 10.9 Å². The molecule has 4 aromatic carbocycles. The Morgan fingerprint density at radius 2 is 1.53 bits per heavy atom. The molecule has 12 heteroatoms. The van der Waals surface area contributed by atoms with Crippen molar-refractivity contribution < 1.29 is 23.7 Å². The van der Waals surface area contributed by atoms with Crippen LogP contribution in [-0.4, -0.2) is 92.4 Å². The first-order chi connectivity index (χ1) is 27.0. The Morgan fingerprint density at radius 1 is 0.800 bits per heavy atom. The second kappa shape index (κ2) is 17.3. The zero-order chi connectivity index (χ0) is 37.6. The molecule has 5 aromatic rings. The zero-order valence-electron chi connectivity index (χ0n) is 31.3. The van der Waals surface area contributed by atoms with Gasteiger partial charge in [-0.1, -0.05) is 72.3 Å². The first-order valence-corrected chi connectivity index (χ1v) is 19.4. The van der Waals surface area contributed by atoms with Gasteiger partial charge in [0.05, 0.1) is 37.8 Å². The maximum atomic E-state index is 6.67. The van der Waals surface area contributed by atoms with E-state index in [0.29, 0.717) is 49.1 Å². The minimum Gasteiger partial charge on any atom is -0.494 e. The Morgan fingerprint density at radius 3 is 2.31 bits per heavy atom. The molecule has 1 N–H and O–H groups in total. The molecule has 0 bridgehead atoms. The smallest absolute Gasteiger partial charge is 0.243 e. The molecular formula is C43H47ClN6O5. The summed E-state index contributed by atoms with van der Waals surface area (Å²) in [7, 11) is 3.89. The number of benzene rings is 4. The van der Waals surface area contributed by atoms with Gasteiger partial charge in [0.2, 0.25) is 11.8 Å². The predicted octanol–water partition coefficient (Wildman–Crippen LogP) is 8.18. The summed E-state index contributed by atoms with van der Waals surface area (Å²) in [5.41, 5.74) is 5.38. The van der Waals surface area contributed by atoms with Crippen LogP contribution in [0.1, 0.15) is 30.3 Å². The number of ether oxygens (including phenoxy) is 5. The number of methoxy groups -OCH3 is 1. The number of aromatic nitrogens is 2. The number of para-hydroxylation sites is 1. The molecule has 3 aliphatic rings. The Kier molecular flexibility index (Phi) is 11.6. The second-order valence-electron chi connectivity index (χ2n) is 14.1. The highest BCUT2D eigenvalue weighted by Crippen LogP contribution is 2.44. The SMILES string of the molecule is COc1cc(N2CCC(N3CCN(C)CC3)CC2)ccc1Nc1ncc(Cl)c(Oc2ccccc2-c2cccc(OCc3ccccc3)c2C2OCCO2)n1. The zero-order valence-corrected chi connectivity index (χ0v) is 32.1. The van der Waals surface area contributed by atoms with Gasteiger partial charge in [-0.25, -0.2) is 4.98 Å². The van der Waals surface area contributed by atoms with Crippen molar-refractivity contribution in [2.45, 2.75) is 31.8 Å². The number of hydrogen-bond acceptors (Lipinski definition) is 11. The number of piperidine rings is 1. The van der Waals surface area contributed by atoms with Gasteiger partial charge in [0, 0.05) is 62.6 Å². The number of rotatable bonds is 12. The van der Waals surface area contributed by atoms with Crippen LogP contribution in [0.5, 0.6) is 23.1 Å². The van der Waals surface area contributed by atoms with Gasteiger partial charge in [0.15, 0.2) is 6.29 Å². The highest BCUT2D eigenvalue weighted by molar-refractivity contribution is 6.31. The molecule has 0 spiro atoms. The Balaban J connectivity index is 0.997. The van der Waals surface area contributed by atoms with E-state index in [1.165, 1.54) is 6.20 Å². The number of anilines is 3. The third-order valence-corrected chi connectivity index (χ3v) is 10.8. The van der Waals surface area contributed by atoms with Gasteiger partial charge in [-0.05, 0) is 55.3 Å². The third kappa shape index (κ3) is 8.66. The van der Waals surface area contributed by atoms with Gasteiger partial charge >= 0.3 is 0 Å². The summed E-state index contributed by atoms with van der Waals surface area (Å²) < 4.78 is 30.8. The quantitative estimate of drug-likeness (QED) is 0.133. The van der Waals surface area contributed by atoms with Crippen LogP contribution < -0.4 is 24.4 Å². The summed E-state index contributed by atoms with van der Waals surface area (Å²) in [4.78, 5) is 16.7. The van der Waals surface area contributed by atoms with Crippen LogP contribution in [0.2, 0.25) is 5.02 Å². The number of piperazine rings is 1. The van der Waals surface area contributed by atoms with Crippen LogP contribution in [0.4, 0.5) is 17.3 Å². The first-order valence-electron chi connectivity index (χ1n) is 19.0. The van der Waals surface area contributed by atoms with Crippen LogP contribution in [0, 0.1) is 0 Å². The number of halogens is 1. The Hall–Kier alpha value is -4.91. The second-order valence-corrected chi connectivity index (χ2v) is 14.5. The van der Waals surface area contributed by atoms with Crippen LogP contribution in [-0.2, 0) is 16.1 Å². The van der Waals surface area contributed by atoms with E-state index < -0.39 is 6.29 Å². The van der Waals surface area contributed by atoms with Crippen molar-refractivity contribution in [2.24, 2.45) is 0 Å². The molecule has 286 valence electrons. The van der Waals surface area contributed by atoms with Gasteiger partial charge in [-0.2, -0.15) is 4.98 Å². The van der Waals surface area contributed by atoms with Gasteiger partial charge in [0.1, 0.15) is 28.9 Å². The number of hydrogen-bond donors (Lipinski definition) is 1. The van der Waals surface area contributed by atoms with E-state index >= 15 is 0 Å². The number of nitrogens with one attached hydrogen (secondary N) is 1. The molecule has 55 heavy (non-hydrogen) atoms. The highest BCUT2D eigenvalue weighted by atomic mass is 35.5. The number of likely N-dealkylation sites (N-methyl/N-ethyl adjacent to an activating group) is 1. The lowest BCUT2D eigenvalue weighted by molar-refractivity contribution is -0.0454. The lowest BCUT2D eigenvalue weighted by atomic mass is 9.97. The fourth-order valence-corrected chi connectivity index (χ4v) is 7.68. The molecule has 0 amide bonds. The first kappa shape index (κ1) is 37.0. The highest BCUT2D eigenvalue weighted by Gasteiger charge is 2.29. The van der Waals surface area contributed by atoms with Gasteiger partial charge in [-0.15, -0.1) is 0 Å². The molecular weight excluding hydrogens is 716 g/mol. The minimum absolute atomic E-state index is 0.205. The summed E-state index contributed by atoms with van der Waals surface area (Å²) in [6.07, 6.45) is 3.26. The topological polar surface area (TPSA) is 93.7 Å². The maximum Gasteiger partial charge on any atom is 0.243 e. The van der Waals surface area contributed by atoms with Gasteiger partial charge in [0.25, 0.3) is 0 Å². The van der Waals surface area contributed by atoms with Crippen LogP contribution in [0.25, 0.3) is 11.1 Å². The lowest BCUT2D eigenvalue weighted by Crippen LogP contribution is -2.52. The third-order valence-electron chi connectivity index (χ3n) is 10.6. The summed E-state index contributed by atoms with van der Waals surface area (Å²) >= 11 is 6.67. The fourth-order valence-electron chi connectivity index (χ4n) is 7.55. The normalized spacial score (nSPS) is 17.3. The average molecular weight is 763 g/mol. The molecule has 11 nitrogen and oxygen atoms in total. The molecule has 4 heterocycles. The fraction of sp³-hybridized carbons (Fsp3) is 0.349. The summed E-state index contributed by atoms with van der Waals surface area (Å²) in [5.74, 6) is 2.44. The van der Waals surface area contributed by atoms with E-state index in [2.05, 4.69) is 44.2 Å². The van der Waals surface area contributed by atoms with Gasteiger partial charge in [-0.3, -0.25) is 4.90 Å². The van der Waals surface area contributed by atoms with Crippen molar-refractivity contribution in [1.29, 1.82) is 0 Å². The van der Waals surface area contributed by atoms with Crippen molar-refractivity contribution in [3.8, 4) is 34.3 Å². The average Bonchev–Trinajstić information content (AvgIpc) is 3.77. The summed E-state index contributed by atoms with van der Waals surface area (Å²) in [5, 5.41) is 3.59. The summed E-state index contributed by atoms with van der Waals surface area (Å²) in [6, 6.07) is 30.6. The molecule has 1 aromatic heterocycles. The molecule has 0 atom stereocenters. The van der Waals surface area contributed by atoms with E-state index in [1.54, 1.807) is 7.11 Å². The standard InChI is InChI=1S/C43H47ClN6O5/c1-48-21-23-50(24-22-48)31-17-19-49(20-18-31)32-15-16-36(39(27-32)51-2)46-43-45-28-35(44)41(47-43)55-37-13-7-6-11-33(37)34-12-8-14-38(40(34)42-52-25-26-53-42)54-29-30-9-4-3-5-10-30/h3-16,27-28,31,42H,17-26,29H2,1-2H3,(H,45,46,47). The van der Waals surface area contributed by atoms with E-state index in [4.69, 9.17) is 40.3 Å². The van der Waals surface area contributed by atoms with E-state index in [1.807, 2.05) is 78.9 Å². The molecule has 0 saturated carbocycles. The molecule has 3 aliphatic heterocycles. The monoisotopic (exact) mass is 762 g/mol. The van der Waals surface area contributed by atoms with Gasteiger partial charge < -0.3 is 38.8 Å². The van der Waals surface area contributed by atoms with Crippen molar-refractivity contribution in [3.63, 3.8) is 0 Å².